The highest BCUT2D eigenvalue weighted by molar-refractivity contribution is 8.02. The lowest BCUT2D eigenvalue weighted by atomic mass is 11.0. The molecule has 1 aliphatic rings. The Hall–Kier alpha value is 0.180. The molecule has 1 nitrogen and oxygen atoms in total. The van der Waals surface area contributed by atoms with Crippen molar-refractivity contribution < 1.29 is 0 Å². The van der Waals surface area contributed by atoms with Gasteiger partial charge in [0, 0.05) is 6.20 Å². The van der Waals surface area contributed by atoms with Gasteiger partial charge in [0.2, 0.25) is 0 Å². The molecule has 6 heavy (non-hydrogen) atoms. The normalized spacial score (nSPS) is 16.0. The molecular weight excluding hydrogens is 118 g/mol. The first-order valence-corrected chi connectivity index (χ1v) is 2.55. The zero-order chi connectivity index (χ0) is 3.54. The van der Waals surface area contributed by atoms with Gasteiger partial charge in [-0.05, 0) is 5.41 Å². The Balaban J connectivity index is 0.000000250. The van der Waals surface area contributed by atoms with E-state index in [0.29, 0.717) is 0 Å². The highest BCUT2D eigenvalue weighted by Gasteiger charge is 1.81. The largest absolute Gasteiger partial charge is 0.381 e. The predicted molar refractivity (Wildman–Crippen MR) is 32.0 cm³/mol. The highest BCUT2D eigenvalue weighted by atomic mass is 35.5. The molecule has 0 aromatic heterocycles. The van der Waals surface area contributed by atoms with Gasteiger partial charge in [0.15, 0.2) is 0 Å². The van der Waals surface area contributed by atoms with Crippen LogP contribution in [0.4, 0.5) is 0 Å². The Morgan fingerprint density at radius 3 is 2.67 bits per heavy atom. The molecule has 0 fully saturated rings. The van der Waals surface area contributed by atoms with Crippen molar-refractivity contribution in [2.24, 2.45) is 0 Å². The fourth-order valence-corrected chi connectivity index (χ4v) is 0.722. The minimum absolute atomic E-state index is 0. The summed E-state index contributed by atoms with van der Waals surface area (Å²) < 4.78 is 0. The average molecular weight is 124 g/mol. The molecule has 0 aliphatic carbocycles. The summed E-state index contributed by atoms with van der Waals surface area (Å²) in [6.07, 6.45) is 1.95. The Kier molecular flexibility index (Phi) is 3.47. The van der Waals surface area contributed by atoms with E-state index < -0.39 is 0 Å². The topological polar surface area (TPSA) is 12.0 Å². The molecule has 1 aliphatic heterocycles. The minimum Gasteiger partial charge on any atom is -0.381 e. The molecule has 1 N–H and O–H groups in total. The van der Waals surface area contributed by atoms with E-state index in [9.17, 15) is 0 Å². The third-order valence-corrected chi connectivity index (χ3v) is 1.11. The van der Waals surface area contributed by atoms with Crippen LogP contribution in [0.1, 0.15) is 0 Å². The second kappa shape index (κ2) is 3.37. The van der Waals surface area contributed by atoms with Crippen molar-refractivity contribution >= 4 is 24.2 Å². The van der Waals surface area contributed by atoms with Gasteiger partial charge in [-0.25, -0.2) is 0 Å². The molecule has 0 bridgehead atoms. The summed E-state index contributed by atoms with van der Waals surface area (Å²) in [5, 5.41) is 5.05. The van der Waals surface area contributed by atoms with E-state index in [2.05, 4.69) is 5.32 Å². The zero-order valence-electron chi connectivity index (χ0n) is 3.18. The second-order valence-electron chi connectivity index (χ2n) is 0.818. The van der Waals surface area contributed by atoms with Gasteiger partial charge in [0.25, 0.3) is 0 Å². The molecule has 1 rings (SSSR count). The van der Waals surface area contributed by atoms with Crippen molar-refractivity contribution in [3.05, 3.63) is 11.6 Å². The van der Waals surface area contributed by atoms with Crippen LogP contribution < -0.4 is 5.32 Å². The van der Waals surface area contributed by atoms with E-state index in [-0.39, 0.29) is 12.4 Å². The standard InChI is InChI=1S/C3H5NS.ClH/c1-2-5-3-4-1;/h1-2,4H,3H2;1H. The van der Waals surface area contributed by atoms with E-state index in [1.165, 1.54) is 0 Å². The van der Waals surface area contributed by atoms with Gasteiger partial charge in [-0.1, -0.05) is 0 Å². The lowest BCUT2D eigenvalue weighted by Crippen LogP contribution is -1.93. The fraction of sp³-hybridized carbons (Fsp3) is 0.333. The van der Waals surface area contributed by atoms with Crippen molar-refractivity contribution in [2.45, 2.75) is 0 Å². The van der Waals surface area contributed by atoms with Crippen molar-refractivity contribution in [3.63, 3.8) is 0 Å². The average Bonchev–Trinajstić information content (AvgIpc) is 1.76. The molecule has 0 aromatic rings. The summed E-state index contributed by atoms with van der Waals surface area (Å²) in [4.78, 5) is 0. The van der Waals surface area contributed by atoms with Crippen molar-refractivity contribution in [3.8, 4) is 0 Å². The molecule has 0 spiro atoms. The monoisotopic (exact) mass is 123 g/mol. The SMILES string of the molecule is C1=CSCN1.Cl. The summed E-state index contributed by atoms with van der Waals surface area (Å²) in [5.74, 6) is 1.06. The maximum atomic E-state index is 3.00. The van der Waals surface area contributed by atoms with Crippen LogP contribution in [0.2, 0.25) is 0 Å². The quantitative estimate of drug-likeness (QED) is 0.519. The van der Waals surface area contributed by atoms with Gasteiger partial charge < -0.3 is 5.32 Å². The minimum atomic E-state index is 0. The molecule has 0 saturated heterocycles. The Labute approximate surface area is 47.6 Å². The summed E-state index contributed by atoms with van der Waals surface area (Å²) in [7, 11) is 0. The van der Waals surface area contributed by atoms with Crippen molar-refractivity contribution in [1.29, 1.82) is 0 Å². The van der Waals surface area contributed by atoms with Gasteiger partial charge >= 0.3 is 0 Å². The van der Waals surface area contributed by atoms with Gasteiger partial charge in [-0.15, -0.1) is 24.2 Å². The summed E-state index contributed by atoms with van der Waals surface area (Å²) in [5.41, 5.74) is 0. The van der Waals surface area contributed by atoms with E-state index >= 15 is 0 Å². The number of halogens is 1. The zero-order valence-corrected chi connectivity index (χ0v) is 4.81. The number of thioether (sulfide) groups is 1. The van der Waals surface area contributed by atoms with Crippen LogP contribution in [-0.2, 0) is 0 Å². The summed E-state index contributed by atoms with van der Waals surface area (Å²) >= 11 is 1.78. The van der Waals surface area contributed by atoms with Gasteiger partial charge in [0.05, 0.1) is 5.88 Å². The fourth-order valence-electron chi connectivity index (χ4n) is 0.241. The molecular formula is C3H6ClNS. The molecule has 0 saturated carbocycles. The van der Waals surface area contributed by atoms with Crippen LogP contribution >= 0.6 is 24.2 Å². The van der Waals surface area contributed by atoms with Crippen LogP contribution in [0.3, 0.4) is 0 Å². The first-order valence-electron chi connectivity index (χ1n) is 1.50. The maximum absolute atomic E-state index is 3.00. The van der Waals surface area contributed by atoms with Crippen LogP contribution in [0, 0.1) is 0 Å². The molecule has 0 aromatic carbocycles. The maximum Gasteiger partial charge on any atom is 0.0646 e. The predicted octanol–water partition coefficient (Wildman–Crippen LogP) is 1.17. The summed E-state index contributed by atoms with van der Waals surface area (Å²) in [6, 6.07) is 0. The molecule has 0 unspecified atom stereocenters. The first kappa shape index (κ1) is 6.18. The van der Waals surface area contributed by atoms with Crippen LogP contribution in [0.5, 0.6) is 0 Å². The molecule has 3 heteroatoms. The first-order chi connectivity index (χ1) is 2.50. The molecule has 1 heterocycles. The van der Waals surface area contributed by atoms with Crippen LogP contribution in [0.25, 0.3) is 0 Å². The van der Waals surface area contributed by atoms with E-state index in [1.807, 2.05) is 11.6 Å². The number of nitrogens with one attached hydrogen (secondary N) is 1. The lowest BCUT2D eigenvalue weighted by Gasteiger charge is -1.77. The third kappa shape index (κ3) is 1.58. The van der Waals surface area contributed by atoms with E-state index in [1.54, 1.807) is 11.8 Å². The Morgan fingerprint density at radius 2 is 2.50 bits per heavy atom. The van der Waals surface area contributed by atoms with Crippen LogP contribution in [0.15, 0.2) is 11.6 Å². The van der Waals surface area contributed by atoms with Gasteiger partial charge in [0.1, 0.15) is 0 Å². The van der Waals surface area contributed by atoms with Crippen molar-refractivity contribution in [1.82, 2.24) is 5.32 Å². The Bertz CT molecular complexity index is 48.8. The Morgan fingerprint density at radius 1 is 1.67 bits per heavy atom. The van der Waals surface area contributed by atoms with E-state index in [0.717, 1.165) is 5.88 Å². The number of hydrogen-bond donors (Lipinski definition) is 1. The summed E-state index contributed by atoms with van der Waals surface area (Å²) in [6.45, 7) is 0. The second-order valence-corrected chi connectivity index (χ2v) is 1.71. The lowest BCUT2D eigenvalue weighted by molar-refractivity contribution is 1.08. The highest BCUT2D eigenvalue weighted by Crippen LogP contribution is 2.02. The third-order valence-electron chi connectivity index (χ3n) is 0.449. The van der Waals surface area contributed by atoms with Crippen LogP contribution in [-0.4, -0.2) is 5.88 Å². The number of hydrogen-bond acceptors (Lipinski definition) is 2. The molecule has 0 atom stereocenters. The van der Waals surface area contributed by atoms with E-state index in [4.69, 9.17) is 0 Å². The smallest absolute Gasteiger partial charge is 0.0646 e. The molecule has 0 radical (unpaired) electrons. The number of rotatable bonds is 0. The van der Waals surface area contributed by atoms with Gasteiger partial charge in [-0.3, -0.25) is 0 Å². The molecule has 36 valence electrons. The van der Waals surface area contributed by atoms with Gasteiger partial charge in [-0.2, -0.15) is 0 Å². The molecule has 0 amide bonds. The van der Waals surface area contributed by atoms with Crippen molar-refractivity contribution in [2.75, 3.05) is 5.88 Å².